The number of nitro benzene ring substituents is 1. The highest BCUT2D eigenvalue weighted by Gasteiger charge is 2.03. The van der Waals surface area contributed by atoms with Crippen molar-refractivity contribution in [3.63, 3.8) is 0 Å². The van der Waals surface area contributed by atoms with Gasteiger partial charge in [-0.05, 0) is 31.5 Å². The highest BCUT2D eigenvalue weighted by Crippen LogP contribution is 2.12. The van der Waals surface area contributed by atoms with E-state index < -0.39 is 0 Å². The standard InChI is InChI=1S/C17H28N2O2/c1-2-3-4-5-6-7-8-14-18-15-13-16-9-11-17(12-10-16)19(20)21/h9-12,18H,2-8,13-15H2,1H3. The van der Waals surface area contributed by atoms with Gasteiger partial charge >= 0.3 is 0 Å². The van der Waals surface area contributed by atoms with Crippen LogP contribution in [-0.4, -0.2) is 18.0 Å². The lowest BCUT2D eigenvalue weighted by Crippen LogP contribution is -2.18. The van der Waals surface area contributed by atoms with Crippen LogP contribution in [0.4, 0.5) is 5.69 Å². The van der Waals surface area contributed by atoms with E-state index in [0.717, 1.165) is 25.1 Å². The maximum Gasteiger partial charge on any atom is 0.269 e. The summed E-state index contributed by atoms with van der Waals surface area (Å²) < 4.78 is 0. The van der Waals surface area contributed by atoms with Gasteiger partial charge in [-0.15, -0.1) is 0 Å². The van der Waals surface area contributed by atoms with Crippen LogP contribution >= 0.6 is 0 Å². The van der Waals surface area contributed by atoms with Gasteiger partial charge in [0, 0.05) is 12.1 Å². The highest BCUT2D eigenvalue weighted by atomic mass is 16.6. The van der Waals surface area contributed by atoms with Gasteiger partial charge in [0.25, 0.3) is 5.69 Å². The third-order valence-corrected chi connectivity index (χ3v) is 3.69. The molecule has 0 aromatic heterocycles. The summed E-state index contributed by atoms with van der Waals surface area (Å²) in [5.41, 5.74) is 1.31. The number of hydrogen-bond donors (Lipinski definition) is 1. The quantitative estimate of drug-likeness (QED) is 0.351. The predicted molar refractivity (Wildman–Crippen MR) is 87.7 cm³/mol. The number of rotatable bonds is 12. The van der Waals surface area contributed by atoms with Crippen LogP contribution in [0.5, 0.6) is 0 Å². The summed E-state index contributed by atoms with van der Waals surface area (Å²) in [5, 5.41) is 14.0. The molecular formula is C17H28N2O2. The van der Waals surface area contributed by atoms with Crippen LogP contribution in [0.15, 0.2) is 24.3 Å². The Bertz CT molecular complexity index is 390. The minimum absolute atomic E-state index is 0.162. The molecule has 1 rings (SSSR count). The van der Waals surface area contributed by atoms with E-state index in [9.17, 15) is 10.1 Å². The lowest BCUT2D eigenvalue weighted by molar-refractivity contribution is -0.384. The van der Waals surface area contributed by atoms with Crippen LogP contribution in [0.2, 0.25) is 0 Å². The molecule has 1 aromatic carbocycles. The van der Waals surface area contributed by atoms with Crippen molar-refractivity contribution in [1.82, 2.24) is 5.32 Å². The van der Waals surface area contributed by atoms with Crippen molar-refractivity contribution in [1.29, 1.82) is 0 Å². The highest BCUT2D eigenvalue weighted by molar-refractivity contribution is 5.32. The zero-order chi connectivity index (χ0) is 15.3. The number of nitro groups is 1. The molecule has 0 amide bonds. The molecule has 0 spiro atoms. The van der Waals surface area contributed by atoms with Gasteiger partial charge in [0.15, 0.2) is 0 Å². The van der Waals surface area contributed by atoms with Crippen molar-refractivity contribution in [3.8, 4) is 0 Å². The summed E-state index contributed by atoms with van der Waals surface area (Å²) >= 11 is 0. The van der Waals surface area contributed by atoms with E-state index >= 15 is 0 Å². The van der Waals surface area contributed by atoms with Crippen LogP contribution in [0.25, 0.3) is 0 Å². The number of non-ortho nitro benzene ring substituents is 1. The summed E-state index contributed by atoms with van der Waals surface area (Å²) in [7, 11) is 0. The van der Waals surface area contributed by atoms with Gasteiger partial charge in [0.05, 0.1) is 4.92 Å². The molecule has 0 fully saturated rings. The molecule has 0 atom stereocenters. The minimum atomic E-state index is -0.359. The van der Waals surface area contributed by atoms with Gasteiger partial charge in [0.1, 0.15) is 0 Å². The normalized spacial score (nSPS) is 10.7. The van der Waals surface area contributed by atoms with Crippen LogP contribution in [0.1, 0.15) is 57.4 Å². The number of nitrogens with one attached hydrogen (secondary N) is 1. The monoisotopic (exact) mass is 292 g/mol. The molecule has 0 aliphatic carbocycles. The van der Waals surface area contributed by atoms with Crippen LogP contribution in [0.3, 0.4) is 0 Å². The van der Waals surface area contributed by atoms with Crippen molar-refractivity contribution in [2.75, 3.05) is 13.1 Å². The molecule has 0 heterocycles. The van der Waals surface area contributed by atoms with Crippen molar-refractivity contribution >= 4 is 5.69 Å². The third kappa shape index (κ3) is 8.45. The molecule has 4 heteroatoms. The minimum Gasteiger partial charge on any atom is -0.316 e. The topological polar surface area (TPSA) is 55.2 Å². The molecule has 0 bridgehead atoms. The largest absolute Gasteiger partial charge is 0.316 e. The predicted octanol–water partition coefficient (Wildman–Crippen LogP) is 4.48. The molecule has 21 heavy (non-hydrogen) atoms. The Balaban J connectivity index is 1.98. The Morgan fingerprint density at radius 1 is 0.952 bits per heavy atom. The SMILES string of the molecule is CCCCCCCCCNCCc1ccc([N+](=O)[O-])cc1. The first-order chi connectivity index (χ1) is 10.2. The van der Waals surface area contributed by atoms with Crippen molar-refractivity contribution in [3.05, 3.63) is 39.9 Å². The summed E-state index contributed by atoms with van der Waals surface area (Å²) in [5.74, 6) is 0. The molecule has 0 unspecified atom stereocenters. The van der Waals surface area contributed by atoms with E-state index in [0.29, 0.717) is 0 Å². The van der Waals surface area contributed by atoms with Crippen LogP contribution in [-0.2, 0) is 6.42 Å². The Morgan fingerprint density at radius 2 is 1.57 bits per heavy atom. The fourth-order valence-corrected chi connectivity index (χ4v) is 2.35. The molecule has 0 aliphatic rings. The van der Waals surface area contributed by atoms with Gasteiger partial charge in [-0.25, -0.2) is 0 Å². The van der Waals surface area contributed by atoms with Gasteiger partial charge in [0.2, 0.25) is 0 Å². The molecule has 0 radical (unpaired) electrons. The molecule has 1 N–H and O–H groups in total. The number of nitrogens with zero attached hydrogens (tertiary/aromatic N) is 1. The van der Waals surface area contributed by atoms with Crippen molar-refractivity contribution in [2.24, 2.45) is 0 Å². The fraction of sp³-hybridized carbons (Fsp3) is 0.647. The summed E-state index contributed by atoms with van der Waals surface area (Å²) in [4.78, 5) is 10.2. The summed E-state index contributed by atoms with van der Waals surface area (Å²) in [6.07, 6.45) is 10.3. The first-order valence-corrected chi connectivity index (χ1v) is 8.18. The third-order valence-electron chi connectivity index (χ3n) is 3.69. The van der Waals surface area contributed by atoms with E-state index in [1.165, 1.54) is 44.9 Å². The number of hydrogen-bond acceptors (Lipinski definition) is 3. The van der Waals surface area contributed by atoms with Crippen LogP contribution < -0.4 is 5.32 Å². The smallest absolute Gasteiger partial charge is 0.269 e. The van der Waals surface area contributed by atoms with Crippen molar-refractivity contribution < 1.29 is 4.92 Å². The maximum atomic E-state index is 10.5. The molecule has 0 saturated carbocycles. The van der Waals surface area contributed by atoms with E-state index in [-0.39, 0.29) is 10.6 Å². The van der Waals surface area contributed by atoms with E-state index in [1.54, 1.807) is 12.1 Å². The van der Waals surface area contributed by atoms with Crippen molar-refractivity contribution in [2.45, 2.75) is 58.3 Å². The lowest BCUT2D eigenvalue weighted by atomic mass is 10.1. The number of benzene rings is 1. The Kier molecular flexibility index (Phi) is 9.46. The second-order valence-electron chi connectivity index (χ2n) is 5.54. The Labute approximate surface area is 128 Å². The molecule has 0 saturated heterocycles. The van der Waals surface area contributed by atoms with Gasteiger partial charge in [-0.1, -0.05) is 57.6 Å². The fourth-order valence-electron chi connectivity index (χ4n) is 2.35. The second-order valence-corrected chi connectivity index (χ2v) is 5.54. The molecule has 1 aromatic rings. The average Bonchev–Trinajstić information content (AvgIpc) is 2.49. The molecule has 118 valence electrons. The van der Waals surface area contributed by atoms with E-state index in [1.807, 2.05) is 12.1 Å². The first kappa shape index (κ1) is 17.6. The lowest BCUT2D eigenvalue weighted by Gasteiger charge is -2.05. The molecule has 4 nitrogen and oxygen atoms in total. The zero-order valence-corrected chi connectivity index (χ0v) is 13.1. The Morgan fingerprint density at radius 3 is 2.19 bits per heavy atom. The molecular weight excluding hydrogens is 264 g/mol. The summed E-state index contributed by atoms with van der Waals surface area (Å²) in [6.45, 7) is 4.25. The Hall–Kier alpha value is -1.42. The maximum absolute atomic E-state index is 10.5. The van der Waals surface area contributed by atoms with Gasteiger partial charge < -0.3 is 5.32 Å². The van der Waals surface area contributed by atoms with Gasteiger partial charge in [-0.2, -0.15) is 0 Å². The van der Waals surface area contributed by atoms with E-state index in [2.05, 4.69) is 12.2 Å². The van der Waals surface area contributed by atoms with Crippen LogP contribution in [0, 0.1) is 10.1 Å². The average molecular weight is 292 g/mol. The first-order valence-electron chi connectivity index (χ1n) is 8.18. The molecule has 0 aliphatic heterocycles. The number of unbranched alkanes of at least 4 members (excludes halogenated alkanes) is 6. The zero-order valence-electron chi connectivity index (χ0n) is 13.1. The summed E-state index contributed by atoms with van der Waals surface area (Å²) in [6, 6.07) is 6.83. The van der Waals surface area contributed by atoms with E-state index in [4.69, 9.17) is 0 Å². The second kappa shape index (κ2) is 11.3. The van der Waals surface area contributed by atoms with Gasteiger partial charge in [-0.3, -0.25) is 10.1 Å².